The first-order valence-corrected chi connectivity index (χ1v) is 12.5. The quantitative estimate of drug-likeness (QED) is 0.179. The number of rotatable bonds is 8. The second-order valence-corrected chi connectivity index (χ2v) is 10.3. The number of phenols is 2. The van der Waals surface area contributed by atoms with E-state index in [9.17, 15) is 19.8 Å². The Balaban J connectivity index is 2.09. The van der Waals surface area contributed by atoms with Gasteiger partial charge in [0.2, 0.25) is 5.78 Å². The van der Waals surface area contributed by atoms with Crippen molar-refractivity contribution in [3.05, 3.63) is 99.4 Å². The Kier molecular flexibility index (Phi) is 8.59. The molecular formula is C32H36O5. The minimum atomic E-state index is -1.54. The Morgan fingerprint density at radius 3 is 1.89 bits per heavy atom. The molecule has 0 amide bonds. The van der Waals surface area contributed by atoms with Crippen LogP contribution in [0.1, 0.15) is 70.2 Å². The molecule has 0 radical (unpaired) electrons. The van der Waals surface area contributed by atoms with Gasteiger partial charge in [0.1, 0.15) is 11.5 Å². The van der Waals surface area contributed by atoms with Gasteiger partial charge in [0, 0.05) is 0 Å². The number of carbonyl (C=O) groups excluding carboxylic acids is 2. The van der Waals surface area contributed by atoms with Gasteiger partial charge in [-0.05, 0) is 107 Å². The van der Waals surface area contributed by atoms with Crippen LogP contribution in [0.15, 0.2) is 77.1 Å². The van der Waals surface area contributed by atoms with E-state index in [1.807, 2.05) is 59.8 Å². The van der Waals surface area contributed by atoms with E-state index in [1.165, 1.54) is 6.07 Å². The smallest absolute Gasteiger partial charge is 0.330 e. The first-order chi connectivity index (χ1) is 17.4. The first kappa shape index (κ1) is 27.7. The summed E-state index contributed by atoms with van der Waals surface area (Å²) in [5, 5.41) is 20.7. The topological polar surface area (TPSA) is 83.8 Å². The van der Waals surface area contributed by atoms with Gasteiger partial charge in [-0.3, -0.25) is 9.59 Å². The summed E-state index contributed by atoms with van der Waals surface area (Å²) >= 11 is 0. The molecule has 1 atom stereocenters. The first-order valence-electron chi connectivity index (χ1n) is 12.5. The molecule has 0 spiro atoms. The van der Waals surface area contributed by atoms with Gasteiger partial charge in [-0.1, -0.05) is 53.1 Å². The highest BCUT2D eigenvalue weighted by atomic mass is 16.6. The molecule has 0 saturated carbocycles. The van der Waals surface area contributed by atoms with Crippen LogP contribution in [0.25, 0.3) is 6.08 Å². The lowest BCUT2D eigenvalue weighted by atomic mass is 9.74. The van der Waals surface area contributed by atoms with Crippen LogP contribution < -0.4 is 0 Å². The van der Waals surface area contributed by atoms with Crippen LogP contribution in [0.3, 0.4) is 0 Å². The summed E-state index contributed by atoms with van der Waals surface area (Å²) in [7, 11) is 0. The van der Waals surface area contributed by atoms with Crippen molar-refractivity contribution in [1.29, 1.82) is 0 Å². The molecule has 37 heavy (non-hydrogen) atoms. The van der Waals surface area contributed by atoms with E-state index >= 15 is 0 Å². The monoisotopic (exact) mass is 500 g/mol. The number of ether oxygens (including phenoxy) is 1. The number of benzene rings is 2. The van der Waals surface area contributed by atoms with Crippen molar-refractivity contribution in [2.75, 3.05) is 0 Å². The fourth-order valence-electron chi connectivity index (χ4n) is 4.18. The van der Waals surface area contributed by atoms with Gasteiger partial charge < -0.3 is 14.9 Å². The third-order valence-electron chi connectivity index (χ3n) is 6.41. The highest BCUT2D eigenvalue weighted by Gasteiger charge is 2.55. The largest absolute Gasteiger partial charge is 0.508 e. The van der Waals surface area contributed by atoms with Gasteiger partial charge in [0.25, 0.3) is 0 Å². The zero-order chi connectivity index (χ0) is 27.3. The highest BCUT2D eigenvalue weighted by molar-refractivity contribution is 6.23. The van der Waals surface area contributed by atoms with Crippen molar-refractivity contribution in [3.8, 4) is 11.5 Å². The number of aromatic hydroxyl groups is 2. The van der Waals surface area contributed by atoms with E-state index in [0.29, 0.717) is 35.1 Å². The number of allylic oxidation sites excluding steroid dienone is 7. The van der Waals surface area contributed by atoms with Gasteiger partial charge in [0.15, 0.2) is 11.2 Å². The van der Waals surface area contributed by atoms with Crippen LogP contribution in [-0.4, -0.2) is 22.0 Å². The van der Waals surface area contributed by atoms with E-state index in [-0.39, 0.29) is 23.7 Å². The summed E-state index contributed by atoms with van der Waals surface area (Å²) in [4.78, 5) is 27.4. The zero-order valence-electron chi connectivity index (χ0n) is 22.5. The third-order valence-corrected chi connectivity index (χ3v) is 6.41. The van der Waals surface area contributed by atoms with Gasteiger partial charge in [0.05, 0.1) is 0 Å². The molecule has 0 bridgehead atoms. The number of Topliss-reactive ketones (excluding diaryl/α,β-unsaturated/α-hetero) is 1. The molecule has 1 aliphatic heterocycles. The summed E-state index contributed by atoms with van der Waals surface area (Å²) in [6.45, 7) is 11.7. The molecule has 2 aromatic rings. The lowest BCUT2D eigenvalue weighted by molar-refractivity contribution is -0.141. The number of ketones is 1. The lowest BCUT2D eigenvalue weighted by Gasteiger charge is -2.23. The Morgan fingerprint density at radius 1 is 0.784 bits per heavy atom. The summed E-state index contributed by atoms with van der Waals surface area (Å²) in [5.74, 6) is -0.817. The second kappa shape index (κ2) is 11.5. The molecule has 0 aliphatic carbocycles. The molecule has 1 fully saturated rings. The van der Waals surface area contributed by atoms with E-state index in [4.69, 9.17) is 4.74 Å². The standard InChI is InChI=1S/C32H36O5/c1-20(2)7-10-24-17-23(9-13-27(24)33)18-29-30(35)32(31(36)37-29,16-15-22(5)6)26-12-14-28(34)25(19-26)11-8-21(3)4/h7-9,12-15,17-19,33-34H,10-11,16H2,1-6H3/b29-18-/t32-/m0/s1. The lowest BCUT2D eigenvalue weighted by Crippen LogP contribution is -2.38. The summed E-state index contributed by atoms with van der Waals surface area (Å²) in [5.41, 5.74) is 4.16. The normalized spacial score (nSPS) is 17.9. The molecule has 5 heteroatoms. The molecule has 1 aliphatic rings. The zero-order valence-corrected chi connectivity index (χ0v) is 22.5. The summed E-state index contributed by atoms with van der Waals surface area (Å²) in [6, 6.07) is 9.94. The Morgan fingerprint density at radius 2 is 1.32 bits per heavy atom. The fraction of sp³-hybridized carbons (Fsp3) is 0.312. The predicted molar refractivity (Wildman–Crippen MR) is 147 cm³/mol. The molecule has 3 rings (SSSR count). The number of esters is 1. The average Bonchev–Trinajstić information content (AvgIpc) is 3.06. The molecule has 1 heterocycles. The molecule has 2 N–H and O–H groups in total. The molecule has 5 nitrogen and oxygen atoms in total. The van der Waals surface area contributed by atoms with Gasteiger partial charge in [-0.25, -0.2) is 0 Å². The maximum Gasteiger partial charge on any atom is 0.330 e. The molecule has 2 aromatic carbocycles. The van der Waals surface area contributed by atoms with Gasteiger partial charge in [-0.2, -0.15) is 0 Å². The van der Waals surface area contributed by atoms with Crippen molar-refractivity contribution in [2.24, 2.45) is 0 Å². The number of hydrogen-bond acceptors (Lipinski definition) is 5. The molecule has 1 saturated heterocycles. The second-order valence-electron chi connectivity index (χ2n) is 10.3. The predicted octanol–water partition coefficient (Wildman–Crippen LogP) is 6.88. The molecule has 0 unspecified atom stereocenters. The maximum absolute atomic E-state index is 13.9. The summed E-state index contributed by atoms with van der Waals surface area (Å²) in [6.07, 6.45) is 8.59. The van der Waals surface area contributed by atoms with Gasteiger partial charge in [-0.15, -0.1) is 0 Å². The fourth-order valence-corrected chi connectivity index (χ4v) is 4.18. The Hall–Kier alpha value is -3.86. The molecule has 0 aromatic heterocycles. The minimum Gasteiger partial charge on any atom is -0.508 e. The van der Waals surface area contributed by atoms with E-state index in [1.54, 1.807) is 36.4 Å². The number of phenolic OH excluding ortho intramolecular Hbond substituents is 2. The van der Waals surface area contributed by atoms with Crippen molar-refractivity contribution in [3.63, 3.8) is 0 Å². The van der Waals surface area contributed by atoms with Crippen molar-refractivity contribution in [2.45, 2.75) is 66.2 Å². The Labute approximate surface area is 219 Å². The Bertz CT molecular complexity index is 1330. The average molecular weight is 501 g/mol. The van der Waals surface area contributed by atoms with E-state index in [2.05, 4.69) is 0 Å². The van der Waals surface area contributed by atoms with Crippen LogP contribution in [0.5, 0.6) is 11.5 Å². The molecular weight excluding hydrogens is 464 g/mol. The van der Waals surface area contributed by atoms with Gasteiger partial charge >= 0.3 is 5.97 Å². The third kappa shape index (κ3) is 6.29. The van der Waals surface area contributed by atoms with Crippen molar-refractivity contribution < 1.29 is 24.5 Å². The number of cyclic esters (lactones) is 1. The highest BCUT2D eigenvalue weighted by Crippen LogP contribution is 2.42. The summed E-state index contributed by atoms with van der Waals surface area (Å²) < 4.78 is 5.61. The maximum atomic E-state index is 13.9. The van der Waals surface area contributed by atoms with Crippen LogP contribution in [0, 0.1) is 0 Å². The van der Waals surface area contributed by atoms with Crippen LogP contribution in [-0.2, 0) is 32.6 Å². The molecule has 194 valence electrons. The van der Waals surface area contributed by atoms with Crippen molar-refractivity contribution >= 4 is 17.8 Å². The van der Waals surface area contributed by atoms with Crippen LogP contribution >= 0.6 is 0 Å². The van der Waals surface area contributed by atoms with Crippen LogP contribution in [0.2, 0.25) is 0 Å². The van der Waals surface area contributed by atoms with Crippen molar-refractivity contribution in [1.82, 2.24) is 0 Å². The number of carbonyl (C=O) groups is 2. The SMILES string of the molecule is CC(C)=CCc1cc(/C=C2\OC(=O)[C@@](CC=C(C)C)(c3ccc(O)c(CC=C(C)C)c3)C2=O)ccc1O. The minimum absolute atomic E-state index is 0.0371. The van der Waals surface area contributed by atoms with E-state index < -0.39 is 17.2 Å². The van der Waals surface area contributed by atoms with Crippen LogP contribution in [0.4, 0.5) is 0 Å². The number of hydrogen-bond donors (Lipinski definition) is 2. The van der Waals surface area contributed by atoms with E-state index in [0.717, 1.165) is 16.7 Å².